The minimum absolute atomic E-state index is 0.133. The Balaban J connectivity index is 1.93. The van der Waals surface area contributed by atoms with E-state index in [-0.39, 0.29) is 5.54 Å². The van der Waals surface area contributed by atoms with Crippen molar-refractivity contribution < 1.29 is 0 Å². The minimum atomic E-state index is 0.133. The number of rotatable bonds is 4. The Bertz CT molecular complexity index is 472. The van der Waals surface area contributed by atoms with Gasteiger partial charge in [-0.3, -0.25) is 0 Å². The molecule has 0 bridgehead atoms. The number of hydrogen-bond donors (Lipinski definition) is 1. The van der Waals surface area contributed by atoms with Crippen LogP contribution in [0.4, 0.5) is 0 Å². The van der Waals surface area contributed by atoms with E-state index in [1.165, 1.54) is 5.56 Å². The number of aromatic nitrogens is 2. The molecule has 0 aliphatic rings. The summed E-state index contributed by atoms with van der Waals surface area (Å²) in [5, 5.41) is 6.41. The molecular weight excluding hydrogens is 262 g/mol. The highest BCUT2D eigenvalue weighted by molar-refractivity contribution is 8.00. The first-order chi connectivity index (χ1) is 8.53. The van der Waals surface area contributed by atoms with Crippen molar-refractivity contribution in [3.05, 3.63) is 35.5 Å². The summed E-state index contributed by atoms with van der Waals surface area (Å²) >= 11 is 3.24. The van der Waals surface area contributed by atoms with Crippen molar-refractivity contribution in [2.45, 2.75) is 42.2 Å². The molecule has 0 spiro atoms. The van der Waals surface area contributed by atoms with Crippen LogP contribution in [0.1, 0.15) is 26.3 Å². The summed E-state index contributed by atoms with van der Waals surface area (Å²) in [5.41, 5.74) is 1.34. The van der Waals surface area contributed by atoms with E-state index in [1.807, 2.05) is 23.8 Å². The maximum atomic E-state index is 4.44. The van der Waals surface area contributed by atoms with Crippen LogP contribution in [0.3, 0.4) is 0 Å². The van der Waals surface area contributed by atoms with E-state index >= 15 is 0 Å². The van der Waals surface area contributed by atoms with Crippen LogP contribution in [0.5, 0.6) is 0 Å². The summed E-state index contributed by atoms with van der Waals surface area (Å²) in [7, 11) is 0. The smallest absolute Gasteiger partial charge is 0.156 e. The molecule has 0 aliphatic heterocycles. The summed E-state index contributed by atoms with van der Waals surface area (Å²) < 4.78 is 1.03. The van der Waals surface area contributed by atoms with Gasteiger partial charge in [-0.1, -0.05) is 6.07 Å². The number of thiazole rings is 1. The maximum Gasteiger partial charge on any atom is 0.156 e. The fraction of sp³-hybridized carbons (Fsp3) is 0.385. The highest BCUT2D eigenvalue weighted by Gasteiger charge is 2.08. The molecule has 0 atom stereocenters. The Labute approximate surface area is 116 Å². The Morgan fingerprint density at radius 2 is 2.11 bits per heavy atom. The van der Waals surface area contributed by atoms with E-state index in [2.05, 4.69) is 42.1 Å². The molecular formula is C13H17N3S2. The van der Waals surface area contributed by atoms with Crippen molar-refractivity contribution in [2.24, 2.45) is 0 Å². The lowest BCUT2D eigenvalue weighted by atomic mass is 10.1. The van der Waals surface area contributed by atoms with Crippen LogP contribution < -0.4 is 5.32 Å². The topological polar surface area (TPSA) is 37.8 Å². The highest BCUT2D eigenvalue weighted by Crippen LogP contribution is 2.27. The molecule has 18 heavy (non-hydrogen) atoms. The summed E-state index contributed by atoms with van der Waals surface area (Å²) in [6.45, 7) is 7.33. The van der Waals surface area contributed by atoms with E-state index < -0.39 is 0 Å². The van der Waals surface area contributed by atoms with Crippen molar-refractivity contribution in [1.82, 2.24) is 15.3 Å². The Hall–Kier alpha value is -0.910. The molecule has 0 saturated carbocycles. The van der Waals surface area contributed by atoms with Gasteiger partial charge in [-0.05, 0) is 44.2 Å². The molecule has 0 saturated heterocycles. The average molecular weight is 279 g/mol. The molecule has 2 rings (SSSR count). The second-order valence-electron chi connectivity index (χ2n) is 5.01. The molecule has 0 aromatic carbocycles. The number of pyridine rings is 1. The third-order valence-corrected chi connectivity index (χ3v) is 4.06. The summed E-state index contributed by atoms with van der Waals surface area (Å²) in [6, 6.07) is 4.16. The van der Waals surface area contributed by atoms with Gasteiger partial charge in [0.1, 0.15) is 5.03 Å². The lowest BCUT2D eigenvalue weighted by molar-refractivity contribution is 0.424. The molecule has 0 unspecified atom stereocenters. The molecule has 5 heteroatoms. The lowest BCUT2D eigenvalue weighted by Gasteiger charge is -2.20. The van der Waals surface area contributed by atoms with Crippen molar-refractivity contribution in [3.63, 3.8) is 0 Å². The number of nitrogens with one attached hydrogen (secondary N) is 1. The fourth-order valence-corrected chi connectivity index (χ4v) is 2.80. The number of nitrogens with zero attached hydrogens (tertiary/aromatic N) is 2. The van der Waals surface area contributed by atoms with Crippen LogP contribution >= 0.6 is 23.1 Å². The molecule has 0 aliphatic carbocycles. The van der Waals surface area contributed by atoms with Crippen LogP contribution in [0.2, 0.25) is 0 Å². The lowest BCUT2D eigenvalue weighted by Crippen LogP contribution is -2.35. The quantitative estimate of drug-likeness (QED) is 0.928. The average Bonchev–Trinajstić information content (AvgIpc) is 2.80. The Kier molecular flexibility index (Phi) is 4.37. The van der Waals surface area contributed by atoms with Crippen molar-refractivity contribution >= 4 is 23.1 Å². The number of hydrogen-bond acceptors (Lipinski definition) is 5. The Morgan fingerprint density at radius 1 is 1.28 bits per heavy atom. The van der Waals surface area contributed by atoms with Crippen LogP contribution in [-0.4, -0.2) is 15.5 Å². The van der Waals surface area contributed by atoms with Gasteiger partial charge in [0.15, 0.2) is 4.34 Å². The van der Waals surface area contributed by atoms with Crippen molar-refractivity contribution in [1.29, 1.82) is 0 Å². The first-order valence-corrected chi connectivity index (χ1v) is 7.50. The first kappa shape index (κ1) is 13.5. The van der Waals surface area contributed by atoms with Gasteiger partial charge in [0.2, 0.25) is 0 Å². The van der Waals surface area contributed by atoms with Gasteiger partial charge in [0.25, 0.3) is 0 Å². The van der Waals surface area contributed by atoms with E-state index in [1.54, 1.807) is 23.1 Å². The molecule has 1 N–H and O–H groups in total. The normalized spacial score (nSPS) is 11.7. The van der Waals surface area contributed by atoms with Crippen LogP contribution in [0.25, 0.3) is 0 Å². The molecule has 0 amide bonds. The van der Waals surface area contributed by atoms with E-state index in [0.29, 0.717) is 0 Å². The van der Waals surface area contributed by atoms with E-state index in [9.17, 15) is 0 Å². The SMILES string of the molecule is CC(C)(C)NCc1ccc(Sc2nccs2)nc1. The predicted molar refractivity (Wildman–Crippen MR) is 77.1 cm³/mol. The summed E-state index contributed by atoms with van der Waals surface area (Å²) in [6.07, 6.45) is 3.74. The van der Waals surface area contributed by atoms with Gasteiger partial charge in [-0.25, -0.2) is 9.97 Å². The molecule has 2 aromatic heterocycles. The minimum Gasteiger partial charge on any atom is -0.308 e. The molecule has 0 radical (unpaired) electrons. The molecule has 96 valence electrons. The second kappa shape index (κ2) is 5.82. The van der Waals surface area contributed by atoms with Gasteiger partial charge in [-0.15, -0.1) is 11.3 Å². The Morgan fingerprint density at radius 3 is 2.67 bits per heavy atom. The maximum absolute atomic E-state index is 4.44. The van der Waals surface area contributed by atoms with Gasteiger partial charge in [-0.2, -0.15) is 0 Å². The first-order valence-electron chi connectivity index (χ1n) is 5.80. The third kappa shape index (κ3) is 4.40. The standard InChI is InChI=1S/C13H17N3S2/c1-13(2,3)16-9-10-4-5-11(15-8-10)18-12-14-6-7-17-12/h4-8,16H,9H2,1-3H3. The predicted octanol–water partition coefficient (Wildman–Crippen LogP) is 3.58. The van der Waals surface area contributed by atoms with Crippen molar-refractivity contribution in [3.8, 4) is 0 Å². The van der Waals surface area contributed by atoms with Crippen LogP contribution in [0.15, 0.2) is 39.3 Å². The zero-order valence-electron chi connectivity index (χ0n) is 10.8. The third-order valence-electron chi connectivity index (χ3n) is 2.22. The second-order valence-corrected chi connectivity index (χ2v) is 7.17. The zero-order chi connectivity index (χ0) is 13.0. The fourth-order valence-electron chi connectivity index (χ4n) is 1.29. The van der Waals surface area contributed by atoms with Gasteiger partial charge in [0.05, 0.1) is 0 Å². The molecule has 2 aromatic rings. The van der Waals surface area contributed by atoms with Gasteiger partial charge >= 0.3 is 0 Å². The largest absolute Gasteiger partial charge is 0.308 e. The highest BCUT2D eigenvalue weighted by atomic mass is 32.2. The molecule has 0 fully saturated rings. The zero-order valence-corrected chi connectivity index (χ0v) is 12.4. The monoisotopic (exact) mass is 279 g/mol. The van der Waals surface area contributed by atoms with Crippen LogP contribution in [0, 0.1) is 0 Å². The molecule has 2 heterocycles. The van der Waals surface area contributed by atoms with E-state index in [4.69, 9.17) is 0 Å². The van der Waals surface area contributed by atoms with E-state index in [0.717, 1.165) is 15.9 Å². The summed E-state index contributed by atoms with van der Waals surface area (Å²) in [5.74, 6) is 0. The van der Waals surface area contributed by atoms with Crippen molar-refractivity contribution in [2.75, 3.05) is 0 Å². The summed E-state index contributed by atoms with van der Waals surface area (Å²) in [4.78, 5) is 8.68. The van der Waals surface area contributed by atoms with Crippen LogP contribution in [-0.2, 0) is 6.54 Å². The van der Waals surface area contributed by atoms with Gasteiger partial charge < -0.3 is 5.32 Å². The van der Waals surface area contributed by atoms with Gasteiger partial charge in [0, 0.05) is 29.9 Å². The molecule has 3 nitrogen and oxygen atoms in total.